The molecule has 17 heteroatoms. The number of piperidine rings is 1. The Morgan fingerprint density at radius 1 is 1.05 bits per heavy atom. The molecule has 348 valence electrons. The van der Waals surface area contributed by atoms with Gasteiger partial charge in [0.2, 0.25) is 0 Å². The lowest BCUT2D eigenvalue weighted by Gasteiger charge is -2.56. The third-order valence-corrected chi connectivity index (χ3v) is 16.3. The third kappa shape index (κ3) is 8.45. The summed E-state index contributed by atoms with van der Waals surface area (Å²) in [5.41, 5.74) is 3.69. The maximum atomic E-state index is 14.6. The molecule has 1 amide bonds. The Balaban J connectivity index is 0.865. The molecule has 3 aromatic carbocycles. The largest absolute Gasteiger partial charge is 0.489 e. The van der Waals surface area contributed by atoms with E-state index >= 15 is 0 Å². The first-order valence-electron chi connectivity index (χ1n) is 23.3. The van der Waals surface area contributed by atoms with Crippen molar-refractivity contribution >= 4 is 44.0 Å². The fraction of sp³-hybridized carbons (Fsp3) is 0.469. The van der Waals surface area contributed by atoms with Gasteiger partial charge in [-0.2, -0.15) is 0 Å². The number of ether oxygens (including phenoxy) is 2. The standard InChI is InChI=1S/C49H56FN7O8S/c1-29(2)36-6-3-4-7-37(36)42-8-5-17-56(42)32-24-49(25-32)15-18-55(19-16-49)31-11-14-38(44(20-31)65-34-21-39-40(50)27-52-47(39)51-26-34)48(59)54-66(62,63)35-22-43(57(60)61)46-45(23-35)64-28-41(53-46)30-9-12-33(58)13-10-30/h3-4,6-7,11,14,20-23,26-27,29-30,32-33,41-42,53,58H,5,8-10,12-13,15-19,24-25,28H2,1-2H3,(H,51,52)(H,54,59)/t30-,33-,41-,42-/m1/s1. The van der Waals surface area contributed by atoms with Crippen LogP contribution in [0.15, 0.2) is 78.0 Å². The van der Waals surface area contributed by atoms with Crippen LogP contribution in [0.25, 0.3) is 11.0 Å². The van der Waals surface area contributed by atoms with Gasteiger partial charge in [0.1, 0.15) is 29.6 Å². The number of halogens is 1. The molecule has 2 aliphatic carbocycles. The number of nitrogens with zero attached hydrogens (tertiary/aromatic N) is 4. The first-order chi connectivity index (χ1) is 31.7. The Bertz CT molecular complexity index is 2780. The number of aromatic nitrogens is 2. The zero-order chi connectivity index (χ0) is 45.9. The number of likely N-dealkylation sites (tertiary alicyclic amines) is 1. The number of aromatic amines is 1. The first kappa shape index (κ1) is 44.1. The Morgan fingerprint density at radius 2 is 1.82 bits per heavy atom. The number of aliphatic hydroxyl groups excluding tert-OH is 1. The molecule has 5 aromatic rings. The van der Waals surface area contributed by atoms with Gasteiger partial charge in [-0.05, 0) is 117 Å². The van der Waals surface area contributed by atoms with Crippen molar-refractivity contribution < 1.29 is 37.1 Å². The number of nitrogens with one attached hydrogen (secondary N) is 3. The highest BCUT2D eigenvalue weighted by Gasteiger charge is 2.50. The molecule has 0 radical (unpaired) electrons. The second kappa shape index (κ2) is 17.5. The molecule has 2 saturated heterocycles. The molecule has 1 spiro atoms. The predicted octanol–water partition coefficient (Wildman–Crippen LogP) is 8.95. The summed E-state index contributed by atoms with van der Waals surface area (Å²) < 4.78 is 56.8. The third-order valence-electron chi connectivity index (χ3n) is 15.0. The molecule has 3 aliphatic heterocycles. The molecule has 66 heavy (non-hydrogen) atoms. The number of fused-ring (bicyclic) bond motifs is 2. The summed E-state index contributed by atoms with van der Waals surface area (Å²) in [5.74, 6) is -0.860. The molecule has 5 heterocycles. The van der Waals surface area contributed by atoms with Crippen LogP contribution in [0.2, 0.25) is 0 Å². The summed E-state index contributed by atoms with van der Waals surface area (Å²) in [6.45, 7) is 7.39. The molecule has 10 rings (SSSR count). The molecule has 2 saturated carbocycles. The molecule has 4 fully saturated rings. The van der Waals surface area contributed by atoms with E-state index < -0.39 is 37.3 Å². The van der Waals surface area contributed by atoms with Crippen LogP contribution in [0.4, 0.5) is 21.5 Å². The molecular weight excluding hydrogens is 866 g/mol. The number of nitro benzene ring substituents is 1. The van der Waals surface area contributed by atoms with Crippen LogP contribution in [0.3, 0.4) is 0 Å². The lowest BCUT2D eigenvalue weighted by atomic mass is 9.59. The van der Waals surface area contributed by atoms with E-state index in [1.54, 1.807) is 12.1 Å². The summed E-state index contributed by atoms with van der Waals surface area (Å²) >= 11 is 0. The first-order valence-corrected chi connectivity index (χ1v) is 24.7. The summed E-state index contributed by atoms with van der Waals surface area (Å²) in [6.07, 6.45) is 11.6. The number of hydrogen-bond acceptors (Lipinski definition) is 12. The summed E-state index contributed by atoms with van der Waals surface area (Å²) in [7, 11) is -4.71. The van der Waals surface area contributed by atoms with Gasteiger partial charge in [-0.25, -0.2) is 22.5 Å². The van der Waals surface area contributed by atoms with Gasteiger partial charge < -0.3 is 29.8 Å². The molecule has 2 atom stereocenters. The van der Waals surface area contributed by atoms with Crippen molar-refractivity contribution in [2.75, 3.05) is 36.5 Å². The van der Waals surface area contributed by atoms with Crippen LogP contribution in [-0.2, 0) is 10.0 Å². The van der Waals surface area contributed by atoms with Crippen LogP contribution < -0.4 is 24.4 Å². The second-order valence-electron chi connectivity index (χ2n) is 19.4. The number of sulfonamides is 1. The number of pyridine rings is 1. The van der Waals surface area contributed by atoms with Crippen LogP contribution >= 0.6 is 0 Å². The summed E-state index contributed by atoms with van der Waals surface area (Å²) in [6, 6.07) is 18.1. The van der Waals surface area contributed by atoms with E-state index in [2.05, 4.69) is 67.9 Å². The second-order valence-corrected chi connectivity index (χ2v) is 21.0. The lowest BCUT2D eigenvalue weighted by molar-refractivity contribution is -0.384. The van der Waals surface area contributed by atoms with Gasteiger partial charge in [0.05, 0.1) is 39.1 Å². The molecule has 5 aliphatic rings. The maximum absolute atomic E-state index is 14.6. The van der Waals surface area contributed by atoms with Crippen LogP contribution in [0.1, 0.15) is 112 Å². The van der Waals surface area contributed by atoms with Crippen molar-refractivity contribution in [3.8, 4) is 17.2 Å². The van der Waals surface area contributed by atoms with Crippen molar-refractivity contribution in [1.82, 2.24) is 19.6 Å². The van der Waals surface area contributed by atoms with Crippen molar-refractivity contribution in [2.45, 2.75) is 113 Å². The van der Waals surface area contributed by atoms with Crippen LogP contribution in [-0.4, -0.2) is 83.7 Å². The minimum Gasteiger partial charge on any atom is -0.489 e. The van der Waals surface area contributed by atoms with E-state index in [1.807, 2.05) is 0 Å². The van der Waals surface area contributed by atoms with Gasteiger partial charge in [-0.3, -0.25) is 19.8 Å². The Hall–Kier alpha value is -5.78. The molecule has 0 bridgehead atoms. The van der Waals surface area contributed by atoms with Gasteiger partial charge in [0.25, 0.3) is 21.6 Å². The minimum absolute atomic E-state index is 0.0215. The number of aliphatic hydroxyl groups is 1. The van der Waals surface area contributed by atoms with E-state index in [0.717, 1.165) is 69.9 Å². The number of carbonyl (C=O) groups is 1. The molecule has 15 nitrogen and oxygen atoms in total. The molecular formula is C49H56FN7O8S. The number of hydrogen-bond donors (Lipinski definition) is 4. The summed E-state index contributed by atoms with van der Waals surface area (Å²) in [5, 5.41) is 25.7. The molecule has 4 N–H and O–H groups in total. The number of H-pyrrole nitrogens is 1. The average molecular weight is 922 g/mol. The van der Waals surface area contributed by atoms with Gasteiger partial charge in [0, 0.05) is 55.3 Å². The monoisotopic (exact) mass is 921 g/mol. The fourth-order valence-electron chi connectivity index (χ4n) is 11.4. The maximum Gasteiger partial charge on any atom is 0.297 e. The zero-order valence-corrected chi connectivity index (χ0v) is 38.0. The van der Waals surface area contributed by atoms with Crippen molar-refractivity contribution in [3.05, 3.63) is 106 Å². The van der Waals surface area contributed by atoms with E-state index in [0.29, 0.717) is 36.5 Å². The van der Waals surface area contributed by atoms with Crippen LogP contribution in [0, 0.1) is 27.3 Å². The number of amides is 1. The predicted molar refractivity (Wildman–Crippen MR) is 247 cm³/mol. The normalized spacial score (nSPS) is 23.3. The number of nitro groups is 1. The number of benzene rings is 3. The zero-order valence-electron chi connectivity index (χ0n) is 37.2. The van der Waals surface area contributed by atoms with E-state index in [1.165, 1.54) is 54.6 Å². The smallest absolute Gasteiger partial charge is 0.297 e. The molecule has 0 unspecified atom stereocenters. The SMILES string of the molecule is CC(C)c1ccccc1[C@H]1CCCN1C1CC2(CCN(c3ccc(C(=O)NS(=O)(=O)c4cc5c(c([N+](=O)[O-])c4)N[C@@H]([C@H]4CC[C@H](O)CC4)CO5)c(Oc4cnc5[nH]cc(F)c5c4)c3)CC2)C1. The van der Waals surface area contributed by atoms with Gasteiger partial charge in [-0.15, -0.1) is 0 Å². The Kier molecular flexibility index (Phi) is 11.7. The highest BCUT2D eigenvalue weighted by molar-refractivity contribution is 7.90. The van der Waals surface area contributed by atoms with Crippen LogP contribution in [0.5, 0.6) is 17.2 Å². The Morgan fingerprint density at radius 3 is 2.58 bits per heavy atom. The van der Waals surface area contributed by atoms with E-state index in [4.69, 9.17) is 9.47 Å². The number of rotatable bonds is 11. The quantitative estimate of drug-likeness (QED) is 0.0728. The number of carbonyl (C=O) groups excluding carboxylic acids is 1. The highest BCUT2D eigenvalue weighted by atomic mass is 32.2. The van der Waals surface area contributed by atoms with Crippen molar-refractivity contribution in [1.29, 1.82) is 0 Å². The van der Waals surface area contributed by atoms with E-state index in [-0.39, 0.29) is 64.0 Å². The topological polar surface area (TPSA) is 192 Å². The van der Waals surface area contributed by atoms with Gasteiger partial charge in [0.15, 0.2) is 11.4 Å². The fourth-order valence-corrected chi connectivity index (χ4v) is 12.4. The lowest BCUT2D eigenvalue weighted by Crippen LogP contribution is -2.54. The molecule has 2 aromatic heterocycles. The highest BCUT2D eigenvalue weighted by Crippen LogP contribution is 2.54. The van der Waals surface area contributed by atoms with E-state index in [9.17, 15) is 32.8 Å². The minimum atomic E-state index is -4.71. The Labute approximate surface area is 383 Å². The van der Waals surface area contributed by atoms with Crippen molar-refractivity contribution in [3.63, 3.8) is 0 Å². The van der Waals surface area contributed by atoms with Gasteiger partial charge in [-0.1, -0.05) is 38.1 Å². The van der Waals surface area contributed by atoms with Crippen molar-refractivity contribution in [2.24, 2.45) is 11.3 Å². The van der Waals surface area contributed by atoms with Gasteiger partial charge >= 0.3 is 0 Å². The summed E-state index contributed by atoms with van der Waals surface area (Å²) in [4.78, 5) is 37.2. The average Bonchev–Trinajstić information content (AvgIpc) is 3.94. The number of anilines is 2.